The number of unbranched alkanes of at least 4 members (excludes halogenated alkanes) is 6. The first-order chi connectivity index (χ1) is 8.48. The predicted molar refractivity (Wildman–Crippen MR) is 82.1 cm³/mol. The summed E-state index contributed by atoms with van der Waals surface area (Å²) in [6.07, 6.45) is 12.1. The van der Waals surface area contributed by atoms with Gasteiger partial charge in [-0.15, -0.1) is 0 Å². The van der Waals surface area contributed by atoms with Crippen molar-refractivity contribution in [2.45, 2.75) is 98.0 Å². The van der Waals surface area contributed by atoms with Crippen molar-refractivity contribution in [1.29, 1.82) is 0 Å². The first-order valence-electron chi connectivity index (χ1n) is 8.12. The lowest BCUT2D eigenvalue weighted by molar-refractivity contribution is -0.0292. The SMILES string of the molecule is CCCCCCCCCC(C)(C)OCCC(C)C. The number of hydrogen-bond donors (Lipinski definition) is 0. The summed E-state index contributed by atoms with van der Waals surface area (Å²) >= 11 is 0. The molecule has 0 fully saturated rings. The second-order valence-corrected chi connectivity index (χ2v) is 6.66. The quantitative estimate of drug-likeness (QED) is 0.391. The van der Waals surface area contributed by atoms with Crippen molar-refractivity contribution in [2.75, 3.05) is 6.61 Å². The monoisotopic (exact) mass is 256 g/mol. The molecule has 1 nitrogen and oxygen atoms in total. The van der Waals surface area contributed by atoms with Gasteiger partial charge in [0, 0.05) is 6.61 Å². The molecule has 0 saturated heterocycles. The predicted octanol–water partition coefficient (Wildman–Crippen LogP) is 5.97. The van der Waals surface area contributed by atoms with E-state index in [9.17, 15) is 0 Å². The summed E-state index contributed by atoms with van der Waals surface area (Å²) in [5.41, 5.74) is 0.0817. The van der Waals surface area contributed by atoms with Crippen LogP contribution in [0.5, 0.6) is 0 Å². The van der Waals surface area contributed by atoms with Gasteiger partial charge in [-0.3, -0.25) is 0 Å². The Kier molecular flexibility index (Phi) is 10.8. The van der Waals surface area contributed by atoms with Crippen molar-refractivity contribution in [3.63, 3.8) is 0 Å². The van der Waals surface area contributed by atoms with Crippen molar-refractivity contribution < 1.29 is 4.74 Å². The highest BCUT2D eigenvalue weighted by molar-refractivity contribution is 4.68. The van der Waals surface area contributed by atoms with Crippen LogP contribution in [0.25, 0.3) is 0 Å². The zero-order valence-corrected chi connectivity index (χ0v) is 13.6. The Morgan fingerprint density at radius 3 is 2.00 bits per heavy atom. The van der Waals surface area contributed by atoms with Crippen LogP contribution in [0.2, 0.25) is 0 Å². The summed E-state index contributed by atoms with van der Waals surface area (Å²) in [4.78, 5) is 0. The molecule has 0 aliphatic rings. The molecule has 18 heavy (non-hydrogen) atoms. The summed E-state index contributed by atoms with van der Waals surface area (Å²) in [6.45, 7) is 12.2. The molecule has 0 heterocycles. The van der Waals surface area contributed by atoms with Crippen LogP contribution in [0.4, 0.5) is 0 Å². The molecular formula is C17H36O. The molecule has 0 aromatic heterocycles. The molecule has 0 amide bonds. The van der Waals surface area contributed by atoms with Crippen LogP contribution in [0, 0.1) is 5.92 Å². The zero-order valence-electron chi connectivity index (χ0n) is 13.6. The average molecular weight is 256 g/mol. The maximum atomic E-state index is 5.99. The van der Waals surface area contributed by atoms with Crippen molar-refractivity contribution >= 4 is 0 Å². The van der Waals surface area contributed by atoms with Gasteiger partial charge in [-0.25, -0.2) is 0 Å². The molecule has 0 unspecified atom stereocenters. The molecule has 110 valence electrons. The van der Waals surface area contributed by atoms with Crippen LogP contribution < -0.4 is 0 Å². The van der Waals surface area contributed by atoms with Crippen LogP contribution >= 0.6 is 0 Å². The smallest absolute Gasteiger partial charge is 0.0626 e. The third kappa shape index (κ3) is 12.4. The highest BCUT2D eigenvalue weighted by Crippen LogP contribution is 2.20. The molecular weight excluding hydrogens is 220 g/mol. The van der Waals surface area contributed by atoms with E-state index in [1.165, 1.54) is 57.8 Å². The summed E-state index contributed by atoms with van der Waals surface area (Å²) in [6, 6.07) is 0. The largest absolute Gasteiger partial charge is 0.376 e. The van der Waals surface area contributed by atoms with Crippen LogP contribution in [0.3, 0.4) is 0 Å². The maximum Gasteiger partial charge on any atom is 0.0626 e. The first-order valence-corrected chi connectivity index (χ1v) is 8.12. The molecule has 0 aromatic carbocycles. The lowest BCUT2D eigenvalue weighted by Crippen LogP contribution is -2.25. The Morgan fingerprint density at radius 2 is 1.44 bits per heavy atom. The molecule has 0 aliphatic carbocycles. The molecule has 1 heteroatoms. The van der Waals surface area contributed by atoms with E-state index in [1.807, 2.05) is 0 Å². The molecule has 0 spiro atoms. The third-order valence-corrected chi connectivity index (χ3v) is 3.57. The third-order valence-electron chi connectivity index (χ3n) is 3.57. The standard InChI is InChI=1S/C17H36O/c1-6-7-8-9-10-11-12-14-17(4,5)18-15-13-16(2)3/h16H,6-15H2,1-5H3. The van der Waals surface area contributed by atoms with Gasteiger partial charge >= 0.3 is 0 Å². The van der Waals surface area contributed by atoms with E-state index in [4.69, 9.17) is 4.74 Å². The highest BCUT2D eigenvalue weighted by atomic mass is 16.5. The minimum atomic E-state index is 0.0817. The zero-order chi connectivity index (χ0) is 13.9. The number of ether oxygens (including phenoxy) is 1. The Balaban J connectivity index is 3.40. The highest BCUT2D eigenvalue weighted by Gasteiger charge is 2.17. The van der Waals surface area contributed by atoms with Gasteiger partial charge in [0.2, 0.25) is 0 Å². The second-order valence-electron chi connectivity index (χ2n) is 6.66. The van der Waals surface area contributed by atoms with Gasteiger partial charge in [0.25, 0.3) is 0 Å². The molecule has 0 aromatic rings. The summed E-state index contributed by atoms with van der Waals surface area (Å²) < 4.78 is 5.99. The second kappa shape index (κ2) is 10.8. The fourth-order valence-corrected chi connectivity index (χ4v) is 2.15. The van der Waals surface area contributed by atoms with E-state index >= 15 is 0 Å². The lowest BCUT2D eigenvalue weighted by Gasteiger charge is -2.26. The Hall–Kier alpha value is -0.0400. The van der Waals surface area contributed by atoms with Gasteiger partial charge in [0.15, 0.2) is 0 Å². The first kappa shape index (κ1) is 18.0. The number of rotatable bonds is 12. The fraction of sp³-hybridized carbons (Fsp3) is 1.00. The van der Waals surface area contributed by atoms with Crippen molar-refractivity contribution in [1.82, 2.24) is 0 Å². The average Bonchev–Trinajstić information content (AvgIpc) is 2.27. The topological polar surface area (TPSA) is 9.23 Å². The van der Waals surface area contributed by atoms with Crippen LogP contribution in [-0.4, -0.2) is 12.2 Å². The van der Waals surface area contributed by atoms with Crippen LogP contribution in [0.15, 0.2) is 0 Å². The number of hydrogen-bond acceptors (Lipinski definition) is 1. The Labute approximate surface area is 116 Å². The van der Waals surface area contributed by atoms with Gasteiger partial charge in [0.1, 0.15) is 0 Å². The minimum absolute atomic E-state index is 0.0817. The van der Waals surface area contributed by atoms with E-state index in [-0.39, 0.29) is 5.60 Å². The van der Waals surface area contributed by atoms with E-state index in [0.717, 1.165) is 12.5 Å². The van der Waals surface area contributed by atoms with Gasteiger partial charge < -0.3 is 4.74 Å². The minimum Gasteiger partial charge on any atom is -0.376 e. The van der Waals surface area contributed by atoms with E-state index in [2.05, 4.69) is 34.6 Å². The summed E-state index contributed by atoms with van der Waals surface area (Å²) in [5, 5.41) is 0. The van der Waals surface area contributed by atoms with Crippen LogP contribution in [0.1, 0.15) is 92.4 Å². The van der Waals surface area contributed by atoms with Crippen molar-refractivity contribution in [2.24, 2.45) is 5.92 Å². The van der Waals surface area contributed by atoms with Gasteiger partial charge in [0.05, 0.1) is 5.60 Å². The van der Waals surface area contributed by atoms with Crippen molar-refractivity contribution in [3.8, 4) is 0 Å². The molecule has 0 saturated carbocycles. The van der Waals surface area contributed by atoms with Crippen molar-refractivity contribution in [3.05, 3.63) is 0 Å². The lowest BCUT2D eigenvalue weighted by atomic mass is 9.99. The van der Waals surface area contributed by atoms with E-state index in [0.29, 0.717) is 0 Å². The maximum absolute atomic E-state index is 5.99. The van der Waals surface area contributed by atoms with Gasteiger partial charge in [-0.1, -0.05) is 65.7 Å². The Bertz CT molecular complexity index is 172. The Morgan fingerprint density at radius 1 is 0.889 bits per heavy atom. The van der Waals surface area contributed by atoms with Gasteiger partial charge in [-0.05, 0) is 32.6 Å². The molecule has 0 radical (unpaired) electrons. The van der Waals surface area contributed by atoms with Crippen LogP contribution in [-0.2, 0) is 4.74 Å². The fourth-order valence-electron chi connectivity index (χ4n) is 2.15. The molecule has 0 bridgehead atoms. The summed E-state index contributed by atoms with van der Waals surface area (Å²) in [5.74, 6) is 0.749. The molecule has 0 atom stereocenters. The van der Waals surface area contributed by atoms with E-state index in [1.54, 1.807) is 0 Å². The summed E-state index contributed by atoms with van der Waals surface area (Å²) in [7, 11) is 0. The molecule has 0 aliphatic heterocycles. The molecule has 0 N–H and O–H groups in total. The normalized spacial score (nSPS) is 12.3. The molecule has 0 rings (SSSR count). The van der Waals surface area contributed by atoms with E-state index < -0.39 is 0 Å². The van der Waals surface area contributed by atoms with Gasteiger partial charge in [-0.2, -0.15) is 0 Å².